The number of fused-ring (bicyclic) bond motifs is 1. The number of rotatable bonds is 8. The number of amides is 1. The van der Waals surface area contributed by atoms with E-state index in [0.717, 1.165) is 61.2 Å². The third-order valence-electron chi connectivity index (χ3n) is 5.56. The van der Waals surface area contributed by atoms with Crippen LogP contribution in [0.4, 0.5) is 10.8 Å². The van der Waals surface area contributed by atoms with Gasteiger partial charge in [-0.15, -0.1) is 0 Å². The van der Waals surface area contributed by atoms with Gasteiger partial charge in [-0.3, -0.25) is 4.79 Å². The van der Waals surface area contributed by atoms with Gasteiger partial charge in [0, 0.05) is 44.0 Å². The highest BCUT2D eigenvalue weighted by atomic mass is 32.1. The van der Waals surface area contributed by atoms with Crippen LogP contribution in [-0.2, 0) is 4.74 Å². The van der Waals surface area contributed by atoms with E-state index in [-0.39, 0.29) is 5.91 Å². The number of aryl methyl sites for hydroxylation is 1. The number of carbonyl (C=O) groups is 1. The fourth-order valence-electron chi connectivity index (χ4n) is 3.81. The molecular weight excluding hydrogens is 408 g/mol. The van der Waals surface area contributed by atoms with Crippen molar-refractivity contribution in [3.05, 3.63) is 53.6 Å². The fourth-order valence-corrected chi connectivity index (χ4v) is 4.87. The van der Waals surface area contributed by atoms with Gasteiger partial charge < -0.3 is 19.9 Å². The topological polar surface area (TPSA) is 57.7 Å². The zero-order valence-corrected chi connectivity index (χ0v) is 19.1. The summed E-state index contributed by atoms with van der Waals surface area (Å²) in [7, 11) is 0. The highest BCUT2D eigenvalue weighted by molar-refractivity contribution is 7.22. The number of aromatic nitrogens is 1. The van der Waals surface area contributed by atoms with Crippen LogP contribution in [0.3, 0.4) is 0 Å². The van der Waals surface area contributed by atoms with Gasteiger partial charge in [-0.1, -0.05) is 23.5 Å². The molecule has 1 aliphatic rings. The minimum absolute atomic E-state index is 0.0261. The number of benzene rings is 2. The zero-order chi connectivity index (χ0) is 21.6. The third kappa shape index (κ3) is 5.35. The van der Waals surface area contributed by atoms with E-state index in [4.69, 9.17) is 9.72 Å². The van der Waals surface area contributed by atoms with E-state index in [2.05, 4.69) is 53.2 Å². The van der Waals surface area contributed by atoms with Crippen LogP contribution >= 0.6 is 11.3 Å². The largest absolute Gasteiger partial charge is 0.378 e. The van der Waals surface area contributed by atoms with Gasteiger partial charge in [-0.25, -0.2) is 4.98 Å². The lowest BCUT2D eigenvalue weighted by Crippen LogP contribution is -2.36. The predicted octanol–water partition coefficient (Wildman–Crippen LogP) is 4.09. The summed E-state index contributed by atoms with van der Waals surface area (Å²) in [5.41, 5.74) is 4.13. The molecule has 1 fully saturated rings. The van der Waals surface area contributed by atoms with Crippen molar-refractivity contribution in [1.29, 1.82) is 0 Å². The van der Waals surface area contributed by atoms with Crippen molar-refractivity contribution >= 4 is 38.3 Å². The number of hydrogen-bond donors (Lipinski definition) is 1. The molecule has 1 aromatic heterocycles. The van der Waals surface area contributed by atoms with Gasteiger partial charge in [-0.2, -0.15) is 0 Å². The van der Waals surface area contributed by atoms with E-state index < -0.39 is 0 Å². The molecule has 164 valence electrons. The molecule has 0 saturated carbocycles. The molecule has 2 heterocycles. The molecule has 0 unspecified atom stereocenters. The molecule has 0 radical (unpaired) electrons. The van der Waals surface area contributed by atoms with Gasteiger partial charge in [0.2, 0.25) is 0 Å². The van der Waals surface area contributed by atoms with Gasteiger partial charge in [0.1, 0.15) is 0 Å². The lowest BCUT2D eigenvalue weighted by molar-refractivity contribution is 0.0953. The molecule has 4 rings (SSSR count). The maximum atomic E-state index is 12.7. The van der Waals surface area contributed by atoms with E-state index in [1.807, 2.05) is 18.2 Å². The molecule has 7 heteroatoms. The zero-order valence-electron chi connectivity index (χ0n) is 18.3. The first kappa shape index (κ1) is 21.6. The van der Waals surface area contributed by atoms with Crippen molar-refractivity contribution in [2.75, 3.05) is 55.7 Å². The second kappa shape index (κ2) is 10.1. The summed E-state index contributed by atoms with van der Waals surface area (Å²) in [6.07, 6.45) is 0.900. The molecule has 0 spiro atoms. The summed E-state index contributed by atoms with van der Waals surface area (Å²) in [6, 6.07) is 14.3. The van der Waals surface area contributed by atoms with Crippen LogP contribution in [0.25, 0.3) is 10.2 Å². The number of nitrogens with zero attached hydrogens (tertiary/aromatic N) is 3. The van der Waals surface area contributed by atoms with Gasteiger partial charge in [0.25, 0.3) is 5.91 Å². The molecule has 2 aromatic carbocycles. The molecular formula is C24H30N4O2S. The Bertz CT molecular complexity index is 1030. The highest BCUT2D eigenvalue weighted by Gasteiger charge is 2.16. The number of ether oxygens (including phenoxy) is 1. The van der Waals surface area contributed by atoms with Crippen molar-refractivity contribution < 1.29 is 9.53 Å². The standard InChI is InChI=1S/C24H30N4O2S/c1-3-27(20-7-4-6-18(2)16-20)11-5-10-25-23(29)19-8-9-21-22(17-19)31-24(26-21)28-12-14-30-15-13-28/h4,6-9,16-17H,3,5,10-15H2,1-2H3,(H,25,29). The molecule has 0 aliphatic carbocycles. The second-order valence-electron chi connectivity index (χ2n) is 7.81. The number of nitrogens with one attached hydrogen (secondary N) is 1. The smallest absolute Gasteiger partial charge is 0.251 e. The Morgan fingerprint density at radius 3 is 2.84 bits per heavy atom. The molecule has 3 aromatic rings. The molecule has 6 nitrogen and oxygen atoms in total. The third-order valence-corrected chi connectivity index (χ3v) is 6.64. The van der Waals surface area contributed by atoms with Crippen LogP contribution < -0.4 is 15.1 Å². The molecule has 1 saturated heterocycles. The summed E-state index contributed by atoms with van der Waals surface area (Å²) < 4.78 is 6.47. The Balaban J connectivity index is 1.31. The van der Waals surface area contributed by atoms with Crippen molar-refractivity contribution in [3.8, 4) is 0 Å². The van der Waals surface area contributed by atoms with E-state index >= 15 is 0 Å². The minimum Gasteiger partial charge on any atom is -0.378 e. The summed E-state index contributed by atoms with van der Waals surface area (Å²) in [5.74, 6) is -0.0261. The lowest BCUT2D eigenvalue weighted by Gasteiger charge is -2.25. The highest BCUT2D eigenvalue weighted by Crippen LogP contribution is 2.30. The molecule has 1 N–H and O–H groups in total. The number of carbonyl (C=O) groups excluding carboxylic acids is 1. The van der Waals surface area contributed by atoms with E-state index in [0.29, 0.717) is 12.1 Å². The van der Waals surface area contributed by atoms with Crippen LogP contribution in [0.2, 0.25) is 0 Å². The number of morpholine rings is 1. The Morgan fingerprint density at radius 1 is 1.23 bits per heavy atom. The van der Waals surface area contributed by atoms with Gasteiger partial charge in [0.05, 0.1) is 23.4 Å². The molecule has 0 atom stereocenters. The fraction of sp³-hybridized carbons (Fsp3) is 0.417. The maximum absolute atomic E-state index is 12.7. The Kier molecular flexibility index (Phi) is 7.04. The first-order valence-electron chi connectivity index (χ1n) is 11.0. The SMILES string of the molecule is CCN(CCCNC(=O)c1ccc2nc(N3CCOCC3)sc2c1)c1cccc(C)c1. The van der Waals surface area contributed by atoms with Crippen molar-refractivity contribution in [2.24, 2.45) is 0 Å². The monoisotopic (exact) mass is 438 g/mol. The van der Waals surface area contributed by atoms with E-state index in [1.54, 1.807) is 11.3 Å². The lowest BCUT2D eigenvalue weighted by atomic mass is 10.2. The minimum atomic E-state index is -0.0261. The summed E-state index contributed by atoms with van der Waals surface area (Å²) >= 11 is 1.64. The first-order chi connectivity index (χ1) is 15.1. The summed E-state index contributed by atoms with van der Waals surface area (Å²) in [6.45, 7) is 10.0. The summed E-state index contributed by atoms with van der Waals surface area (Å²) in [5, 5.41) is 4.07. The van der Waals surface area contributed by atoms with Crippen molar-refractivity contribution in [3.63, 3.8) is 0 Å². The molecule has 0 bridgehead atoms. The van der Waals surface area contributed by atoms with Crippen LogP contribution in [0.5, 0.6) is 0 Å². The molecule has 1 amide bonds. The van der Waals surface area contributed by atoms with Gasteiger partial charge in [-0.05, 0) is 56.2 Å². The average Bonchev–Trinajstić information content (AvgIpc) is 3.23. The van der Waals surface area contributed by atoms with Crippen LogP contribution in [-0.4, -0.2) is 56.8 Å². The molecule has 31 heavy (non-hydrogen) atoms. The quantitative estimate of drug-likeness (QED) is 0.537. The normalized spacial score (nSPS) is 14.1. The van der Waals surface area contributed by atoms with Crippen molar-refractivity contribution in [1.82, 2.24) is 10.3 Å². The van der Waals surface area contributed by atoms with Crippen LogP contribution in [0.15, 0.2) is 42.5 Å². The summed E-state index contributed by atoms with van der Waals surface area (Å²) in [4.78, 5) is 22.0. The maximum Gasteiger partial charge on any atom is 0.251 e. The number of anilines is 2. The Morgan fingerprint density at radius 2 is 2.06 bits per heavy atom. The predicted molar refractivity (Wildman–Crippen MR) is 129 cm³/mol. The van der Waals surface area contributed by atoms with Gasteiger partial charge >= 0.3 is 0 Å². The second-order valence-corrected chi connectivity index (χ2v) is 8.82. The first-order valence-corrected chi connectivity index (χ1v) is 11.8. The van der Waals surface area contributed by atoms with Crippen LogP contribution in [0, 0.1) is 6.92 Å². The average molecular weight is 439 g/mol. The van der Waals surface area contributed by atoms with Crippen molar-refractivity contribution in [2.45, 2.75) is 20.3 Å². The van der Waals surface area contributed by atoms with E-state index in [1.165, 1.54) is 11.3 Å². The number of thiazole rings is 1. The van der Waals surface area contributed by atoms with E-state index in [9.17, 15) is 4.79 Å². The Labute approximate surface area is 187 Å². The van der Waals surface area contributed by atoms with Crippen LogP contribution in [0.1, 0.15) is 29.3 Å². The molecule has 1 aliphatic heterocycles. The van der Waals surface area contributed by atoms with Gasteiger partial charge in [0.15, 0.2) is 5.13 Å². The number of hydrogen-bond acceptors (Lipinski definition) is 6. The Hall–Kier alpha value is -2.64.